The maximum Gasteiger partial charge on any atom is 0.268 e. The summed E-state index contributed by atoms with van der Waals surface area (Å²) < 4.78 is 6.07. The van der Waals surface area contributed by atoms with E-state index in [2.05, 4.69) is 26.2 Å². The lowest BCUT2D eigenvalue weighted by Gasteiger charge is -2.12. The molecular weight excluding hydrogens is 260 g/mol. The Morgan fingerprint density at radius 1 is 1.73 bits per heavy atom. The van der Waals surface area contributed by atoms with Crippen molar-refractivity contribution in [2.24, 2.45) is 0 Å². The van der Waals surface area contributed by atoms with E-state index in [1.165, 1.54) is 0 Å². The summed E-state index contributed by atoms with van der Waals surface area (Å²) in [6.07, 6.45) is 1.72. The van der Waals surface area contributed by atoms with Gasteiger partial charge in [-0.1, -0.05) is 0 Å². The molecule has 1 rings (SSSR count). The van der Waals surface area contributed by atoms with Crippen molar-refractivity contribution in [1.29, 1.82) is 0 Å². The molecule has 15 heavy (non-hydrogen) atoms. The van der Waals surface area contributed by atoms with Gasteiger partial charge in [-0.25, -0.2) is 0 Å². The van der Waals surface area contributed by atoms with Crippen LogP contribution >= 0.6 is 15.9 Å². The molecule has 0 aromatic carbocycles. The average Bonchev–Trinajstić information content (AvgIpc) is 2.61. The summed E-state index contributed by atoms with van der Waals surface area (Å²) in [6, 6.07) is 1.75. The van der Waals surface area contributed by atoms with Gasteiger partial charge in [-0.15, -0.1) is 0 Å². The minimum atomic E-state index is -0.118. The molecule has 0 spiro atoms. The largest absolute Gasteiger partial charge is 0.380 e. The van der Waals surface area contributed by atoms with Gasteiger partial charge in [0.05, 0.1) is 6.61 Å². The van der Waals surface area contributed by atoms with Crippen LogP contribution in [0.5, 0.6) is 0 Å². The molecule has 0 aliphatic rings. The smallest absolute Gasteiger partial charge is 0.268 e. The van der Waals surface area contributed by atoms with Crippen molar-refractivity contribution in [1.82, 2.24) is 10.3 Å². The maximum atomic E-state index is 11.6. The number of hydrogen-bond acceptors (Lipinski definition) is 2. The van der Waals surface area contributed by atoms with E-state index in [1.54, 1.807) is 12.3 Å². The highest BCUT2D eigenvalue weighted by Crippen LogP contribution is 2.10. The normalized spacial score (nSPS) is 12.5. The Labute approximate surface area is 97.5 Å². The number of rotatable bonds is 5. The number of H-pyrrole nitrogens is 1. The van der Waals surface area contributed by atoms with Crippen molar-refractivity contribution < 1.29 is 9.53 Å². The topological polar surface area (TPSA) is 54.1 Å². The zero-order chi connectivity index (χ0) is 11.3. The molecule has 0 fully saturated rings. The number of aromatic nitrogens is 1. The molecule has 0 aliphatic heterocycles. The first kappa shape index (κ1) is 12.3. The molecule has 0 aliphatic carbocycles. The number of aromatic amines is 1. The van der Waals surface area contributed by atoms with E-state index in [-0.39, 0.29) is 11.9 Å². The summed E-state index contributed by atoms with van der Waals surface area (Å²) in [5.74, 6) is -0.118. The second-order valence-corrected chi connectivity index (χ2v) is 4.18. The van der Waals surface area contributed by atoms with Crippen LogP contribution in [0.25, 0.3) is 0 Å². The van der Waals surface area contributed by atoms with Crippen molar-refractivity contribution >= 4 is 21.8 Å². The number of hydrogen-bond donors (Lipinski definition) is 2. The van der Waals surface area contributed by atoms with Gasteiger partial charge in [0.15, 0.2) is 0 Å². The quantitative estimate of drug-likeness (QED) is 0.862. The van der Waals surface area contributed by atoms with Gasteiger partial charge < -0.3 is 15.0 Å². The van der Waals surface area contributed by atoms with E-state index in [0.29, 0.717) is 18.9 Å². The Hall–Kier alpha value is -0.810. The molecule has 0 radical (unpaired) electrons. The van der Waals surface area contributed by atoms with Crippen molar-refractivity contribution in [2.75, 3.05) is 13.2 Å². The van der Waals surface area contributed by atoms with Gasteiger partial charge in [0, 0.05) is 23.3 Å². The third-order valence-corrected chi connectivity index (χ3v) is 2.30. The Bertz CT molecular complexity index is 325. The molecule has 0 bridgehead atoms. The van der Waals surface area contributed by atoms with Crippen LogP contribution in [0.1, 0.15) is 24.3 Å². The lowest BCUT2D eigenvalue weighted by Crippen LogP contribution is -2.36. The van der Waals surface area contributed by atoms with Crippen molar-refractivity contribution in [2.45, 2.75) is 19.9 Å². The predicted molar refractivity (Wildman–Crippen MR) is 61.9 cm³/mol. The van der Waals surface area contributed by atoms with E-state index >= 15 is 0 Å². The Morgan fingerprint density at radius 2 is 2.47 bits per heavy atom. The molecule has 1 heterocycles. The molecule has 1 unspecified atom stereocenters. The van der Waals surface area contributed by atoms with E-state index < -0.39 is 0 Å². The molecular formula is C10H15BrN2O2. The SMILES string of the molecule is CCOCC(C)NC(=O)c1cc(Br)c[nH]1. The first-order valence-corrected chi connectivity index (χ1v) is 5.65. The summed E-state index contributed by atoms with van der Waals surface area (Å²) in [6.45, 7) is 5.03. The third kappa shape index (κ3) is 4.05. The predicted octanol–water partition coefficient (Wildman–Crippen LogP) is 1.93. The van der Waals surface area contributed by atoms with E-state index in [4.69, 9.17) is 4.74 Å². The van der Waals surface area contributed by atoms with Gasteiger partial charge >= 0.3 is 0 Å². The van der Waals surface area contributed by atoms with Gasteiger partial charge in [-0.3, -0.25) is 4.79 Å². The second-order valence-electron chi connectivity index (χ2n) is 3.27. The molecule has 2 N–H and O–H groups in total. The summed E-state index contributed by atoms with van der Waals surface area (Å²) in [7, 11) is 0. The monoisotopic (exact) mass is 274 g/mol. The summed E-state index contributed by atoms with van der Waals surface area (Å²) in [4.78, 5) is 14.5. The third-order valence-electron chi connectivity index (χ3n) is 1.84. The highest BCUT2D eigenvalue weighted by Gasteiger charge is 2.10. The average molecular weight is 275 g/mol. The number of amides is 1. The van der Waals surface area contributed by atoms with Crippen molar-refractivity contribution in [3.63, 3.8) is 0 Å². The summed E-state index contributed by atoms with van der Waals surface area (Å²) >= 11 is 3.27. The van der Waals surface area contributed by atoms with Crippen molar-refractivity contribution in [3.05, 3.63) is 22.4 Å². The van der Waals surface area contributed by atoms with E-state index in [9.17, 15) is 4.79 Å². The minimum Gasteiger partial charge on any atom is -0.380 e. The second kappa shape index (κ2) is 5.92. The van der Waals surface area contributed by atoms with Gasteiger partial charge in [0.1, 0.15) is 5.69 Å². The number of ether oxygens (including phenoxy) is 1. The fourth-order valence-corrected chi connectivity index (χ4v) is 1.48. The number of nitrogens with one attached hydrogen (secondary N) is 2. The molecule has 1 atom stereocenters. The molecule has 1 aromatic rings. The van der Waals surface area contributed by atoms with E-state index in [0.717, 1.165) is 4.47 Å². The number of carbonyl (C=O) groups is 1. The van der Waals surface area contributed by atoms with Crippen molar-refractivity contribution in [3.8, 4) is 0 Å². The Kier molecular flexibility index (Phi) is 4.84. The molecule has 5 heteroatoms. The first-order valence-electron chi connectivity index (χ1n) is 4.86. The fraction of sp³-hybridized carbons (Fsp3) is 0.500. The standard InChI is InChI=1S/C10H15BrN2O2/c1-3-15-6-7(2)13-10(14)9-4-8(11)5-12-9/h4-5,7,12H,3,6H2,1-2H3,(H,13,14). The Balaban J connectivity index is 2.42. The lowest BCUT2D eigenvalue weighted by molar-refractivity contribution is 0.0868. The van der Waals surface area contributed by atoms with Gasteiger partial charge in [0.25, 0.3) is 5.91 Å². The number of carbonyl (C=O) groups excluding carboxylic acids is 1. The Morgan fingerprint density at radius 3 is 3.00 bits per heavy atom. The van der Waals surface area contributed by atoms with Crippen LogP contribution in [0, 0.1) is 0 Å². The maximum absolute atomic E-state index is 11.6. The van der Waals surface area contributed by atoms with E-state index in [1.807, 2.05) is 13.8 Å². The summed E-state index contributed by atoms with van der Waals surface area (Å²) in [5, 5.41) is 2.83. The molecule has 0 saturated carbocycles. The summed E-state index contributed by atoms with van der Waals surface area (Å²) in [5.41, 5.74) is 0.547. The van der Waals surface area contributed by atoms with Crippen LogP contribution in [0.3, 0.4) is 0 Å². The van der Waals surface area contributed by atoms with Crippen LogP contribution in [0.4, 0.5) is 0 Å². The van der Waals surface area contributed by atoms with Gasteiger partial charge in [0.2, 0.25) is 0 Å². The van der Waals surface area contributed by atoms with Crippen LogP contribution in [-0.4, -0.2) is 30.1 Å². The molecule has 84 valence electrons. The first-order chi connectivity index (χ1) is 7.13. The minimum absolute atomic E-state index is 0.0134. The van der Waals surface area contributed by atoms with Crippen LogP contribution in [0.15, 0.2) is 16.7 Å². The molecule has 1 aromatic heterocycles. The van der Waals surface area contributed by atoms with Crippen LogP contribution in [0.2, 0.25) is 0 Å². The lowest BCUT2D eigenvalue weighted by atomic mass is 10.3. The highest BCUT2D eigenvalue weighted by molar-refractivity contribution is 9.10. The van der Waals surface area contributed by atoms with Gasteiger partial charge in [-0.05, 0) is 35.8 Å². The molecule has 0 saturated heterocycles. The van der Waals surface area contributed by atoms with Crippen LogP contribution < -0.4 is 5.32 Å². The van der Waals surface area contributed by atoms with Gasteiger partial charge in [-0.2, -0.15) is 0 Å². The zero-order valence-electron chi connectivity index (χ0n) is 8.84. The van der Waals surface area contributed by atoms with Crippen LogP contribution in [-0.2, 0) is 4.74 Å². The number of halogens is 1. The zero-order valence-corrected chi connectivity index (χ0v) is 10.4. The fourth-order valence-electron chi connectivity index (χ4n) is 1.14. The molecule has 1 amide bonds. The highest BCUT2D eigenvalue weighted by atomic mass is 79.9. The molecule has 4 nitrogen and oxygen atoms in total.